The first-order valence-electron chi connectivity index (χ1n) is 51.9. The Morgan fingerprint density at radius 2 is 0.897 bits per heavy atom. The summed E-state index contributed by atoms with van der Waals surface area (Å²) in [6.45, 7) is 50.0. The normalized spacial score (nSPS) is 12.0. The van der Waals surface area contributed by atoms with Crippen molar-refractivity contribution in [3.63, 3.8) is 0 Å². The SMILES string of the molecule is CC(=O)CN(C)CCCC(=O)C(C)C.CC(=O)C[N+](C)(C)CCOCCC(C)C.CC(C)C(=O)CCC[N+](C)(C)C.CC(C)C(=O)NCC[N+](C)(C)CCNC(=O)N(c1cccc(C(F)(F)F)c1)c1nc(-c2cccc([N+](=O)[O-])c2)cs1.CC(C)CCC[N+](C)(C)CCCC(=O)N(c1cccc(C(F)(F)F)c1)c1nc(-c2cccc(Cl)c2)cs1.CC(C)CCOCC[N+](C)(C)CCO.CCC[N+](C)(C)CCCCC(C)C. The highest BCUT2D eigenvalue weighted by Crippen LogP contribution is 2.40. The third-order valence-corrected chi connectivity index (χ3v) is 25.6. The number of aliphatic hydroxyl groups is 1. The van der Waals surface area contributed by atoms with Gasteiger partial charge in [0.05, 0.1) is 216 Å². The molecule has 35 heteroatoms. The van der Waals surface area contributed by atoms with Crippen LogP contribution in [0.1, 0.15) is 219 Å². The molecule has 6 rings (SSSR count). The molecule has 830 valence electrons. The summed E-state index contributed by atoms with van der Waals surface area (Å²) in [6, 6.07) is 21.4. The number of ketones is 4. The van der Waals surface area contributed by atoms with Gasteiger partial charge in [-0.15, -0.1) is 22.7 Å². The van der Waals surface area contributed by atoms with Gasteiger partial charge in [0.25, 0.3) is 5.69 Å². The number of urea groups is 1. The number of nitro groups is 1. The van der Waals surface area contributed by atoms with Crippen LogP contribution in [0.25, 0.3) is 22.5 Å². The molecule has 0 aliphatic carbocycles. The number of alkyl halides is 6. The number of carbonyl (C=O) groups excluding carboxylic acids is 7. The van der Waals surface area contributed by atoms with Crippen LogP contribution in [0, 0.1) is 51.5 Å². The van der Waals surface area contributed by atoms with E-state index in [0.29, 0.717) is 101 Å². The van der Waals surface area contributed by atoms with E-state index in [1.54, 1.807) is 62.7 Å². The number of unbranched alkanes of at least 4 members (excludes halogenated alkanes) is 1. The average molecular weight is 2130 g/mol. The summed E-state index contributed by atoms with van der Waals surface area (Å²) in [5.41, 5.74) is 0.368. The predicted molar refractivity (Wildman–Crippen MR) is 589 cm³/mol. The minimum atomic E-state index is -4.62. The number of anilines is 4. The lowest BCUT2D eigenvalue weighted by Crippen LogP contribution is -2.50. The second-order valence-corrected chi connectivity index (χ2v) is 47.1. The maximum atomic E-state index is 13.5. The summed E-state index contributed by atoms with van der Waals surface area (Å²) in [4.78, 5) is 107. The first-order valence-corrected chi connectivity index (χ1v) is 54.1. The molecule has 26 nitrogen and oxygen atoms in total. The number of likely N-dealkylation sites (N-methyl/N-ethyl adjacent to an activating group) is 4. The standard InChI is InChI=1S/C28H34ClF3N3OS.C27H31F3N6O4S.C12H26NO2.C12H28N.C11H26NO2.C11H21NO2.C10H22NO/c1-20(2)9-7-15-35(3,4)16-8-14-26(36)34(24-13-6-11-22(18-24)28(30,31)32)27-33-25(19-37-27)21-10-5-12-23(29)17-21;1-18(2)24(37)31-11-13-36(3,4)14-12-32-25(38)34(21-9-6-8-20(16-21)27(28,29)30)26-33-23(17-41-26)19-7-5-10-22(15-19)35(39)40;1-11(2)6-8-15-9-7-13(4,5)10-12(3)14;1-6-10-13(4,5)11-8-7-9-12(2)3;1-11(2)5-9-14-10-7-12(3,4)6-8-13;1-9(2)11(14)6-5-7-12(4)8-10(3)13;1-9(2)10(12)7-6-8-11(3,4)5/h5-6,10-13,17-20H,7-9,14-16H2,1-4H3;5-10,15-18H,11-14H2,1-4H3,(H-,31,32,37,38);11H,6-10H2,1-5H3;12H,6-11H2,1-5H3;11,13H,5-10H2,1-4H3;9H,5-8H2,1-4H3;9H,6-8H2,1-5H3/q+1;;3*+1;;+1/p+1. The Morgan fingerprint density at radius 3 is 1.35 bits per heavy atom. The van der Waals surface area contributed by atoms with Crippen molar-refractivity contribution in [3.05, 3.63) is 134 Å². The van der Waals surface area contributed by atoms with Crippen LogP contribution in [-0.4, -0.2) is 323 Å². The van der Waals surface area contributed by atoms with Crippen LogP contribution in [-0.2, 0) is 50.6 Å². The Hall–Kier alpha value is -8.10. The number of benzene rings is 4. The zero-order chi connectivity index (χ0) is 112. The van der Waals surface area contributed by atoms with Crippen LogP contribution in [0.2, 0.25) is 5.02 Å². The Morgan fingerprint density at radius 1 is 0.473 bits per heavy atom. The lowest BCUT2D eigenvalue weighted by atomic mass is 10.0. The topological polar surface area (TPSA) is 261 Å². The highest BCUT2D eigenvalue weighted by Gasteiger charge is 2.35. The highest BCUT2D eigenvalue weighted by atomic mass is 35.5. The van der Waals surface area contributed by atoms with Gasteiger partial charge >= 0.3 is 18.4 Å². The van der Waals surface area contributed by atoms with Crippen molar-refractivity contribution in [3.8, 4) is 22.5 Å². The van der Waals surface area contributed by atoms with E-state index in [1.165, 1.54) is 102 Å². The fraction of sp³-hybridized carbons (Fsp3) is 0.667. The van der Waals surface area contributed by atoms with E-state index in [4.69, 9.17) is 26.2 Å². The molecule has 4 aromatic carbocycles. The number of aromatic nitrogens is 2. The Bertz CT molecular complexity index is 4720. The largest absolute Gasteiger partial charge is 0.416 e. The number of nitrogens with one attached hydrogen (secondary N) is 2. The van der Waals surface area contributed by atoms with E-state index >= 15 is 0 Å². The molecule has 146 heavy (non-hydrogen) atoms. The molecule has 0 fully saturated rings. The summed E-state index contributed by atoms with van der Waals surface area (Å²) < 4.78 is 96.8. The maximum Gasteiger partial charge on any atom is 0.416 e. The zero-order valence-electron chi connectivity index (χ0n) is 94.7. The van der Waals surface area contributed by atoms with Gasteiger partial charge < -0.3 is 52.1 Å². The molecule has 0 unspecified atom stereocenters. The first kappa shape index (κ1) is 138. The van der Waals surface area contributed by atoms with Gasteiger partial charge in [0.1, 0.15) is 43.5 Å². The highest BCUT2D eigenvalue weighted by molar-refractivity contribution is 7.14. The minimum absolute atomic E-state index is 0.0394. The van der Waals surface area contributed by atoms with Crippen LogP contribution < -0.4 is 20.4 Å². The van der Waals surface area contributed by atoms with Crippen LogP contribution in [0.4, 0.5) is 58.5 Å². The van der Waals surface area contributed by atoms with Crippen molar-refractivity contribution < 1.29 is 106 Å². The number of halogens is 7. The van der Waals surface area contributed by atoms with Crippen molar-refractivity contribution in [1.82, 2.24) is 25.5 Å². The number of quaternary nitrogens is 6. The number of hydrogen-bond donors (Lipinski definition) is 3. The monoisotopic (exact) mass is 2120 g/mol. The number of aliphatic hydroxyl groups excluding tert-OH is 1. The van der Waals surface area contributed by atoms with Gasteiger partial charge in [-0.05, 0) is 144 Å². The summed E-state index contributed by atoms with van der Waals surface area (Å²) in [5, 5.41) is 29.9. The van der Waals surface area contributed by atoms with Gasteiger partial charge in [-0.25, -0.2) is 19.7 Å². The quantitative estimate of drug-likeness (QED) is 0.0105. The van der Waals surface area contributed by atoms with Gasteiger partial charge in [0.15, 0.2) is 16.0 Å². The molecule has 0 aliphatic rings. The molecule has 0 atom stereocenters. The number of carbonyl (C=O) groups is 7. The Balaban J connectivity index is 0.00000180. The molecule has 0 spiro atoms. The maximum absolute atomic E-state index is 13.5. The first-order chi connectivity index (χ1) is 67.6. The number of nitro benzene ring substituents is 1. The van der Waals surface area contributed by atoms with Gasteiger partial charge in [-0.2, -0.15) is 26.3 Å². The molecule has 0 radical (unpaired) electrons. The molecular formula is C111H189ClF6N14O12S2+6. The van der Waals surface area contributed by atoms with Gasteiger partial charge in [0, 0.05) is 109 Å². The van der Waals surface area contributed by atoms with Crippen LogP contribution >= 0.6 is 34.3 Å². The Kier molecular flexibility index (Phi) is 66.2. The molecule has 0 bridgehead atoms. The van der Waals surface area contributed by atoms with Crippen molar-refractivity contribution in [2.45, 2.75) is 220 Å². The molecular weight excluding hydrogens is 1930 g/mol. The zero-order valence-corrected chi connectivity index (χ0v) is 97.1. The summed E-state index contributed by atoms with van der Waals surface area (Å²) >= 11 is 8.35. The van der Waals surface area contributed by atoms with Crippen molar-refractivity contribution in [1.29, 1.82) is 0 Å². The van der Waals surface area contributed by atoms with Crippen molar-refractivity contribution >= 4 is 103 Å². The molecule has 2 aromatic heterocycles. The summed E-state index contributed by atoms with van der Waals surface area (Å²) in [5.74, 6) is 3.92. The minimum Gasteiger partial charge on any atom is -0.391 e. The van der Waals surface area contributed by atoms with E-state index in [0.717, 1.165) is 193 Å². The Labute approximate surface area is 886 Å². The number of nitrogens with zero attached hydrogens (tertiary/aromatic N) is 12. The molecule has 4 amide bonds. The van der Waals surface area contributed by atoms with Crippen LogP contribution in [0.5, 0.6) is 0 Å². The molecule has 6 aromatic rings. The van der Waals surface area contributed by atoms with Crippen molar-refractivity contribution in [2.24, 2.45) is 41.4 Å². The van der Waals surface area contributed by atoms with Crippen LogP contribution in [0.15, 0.2) is 108 Å². The third kappa shape index (κ3) is 65.8. The van der Waals surface area contributed by atoms with Crippen LogP contribution in [0.3, 0.4) is 0 Å². The molecule has 2 heterocycles. The summed E-state index contributed by atoms with van der Waals surface area (Å²) in [6.07, 6.45) is 4.92. The number of thiazole rings is 2. The average Bonchev–Trinajstić information content (AvgIpc) is 1.62. The fourth-order valence-corrected chi connectivity index (χ4v) is 16.4. The van der Waals surface area contributed by atoms with Gasteiger partial charge in [0.2, 0.25) is 11.8 Å². The smallest absolute Gasteiger partial charge is 0.391 e. The molecule has 3 N–H and O–H groups in total. The second-order valence-electron chi connectivity index (χ2n) is 45.0. The van der Waals surface area contributed by atoms with E-state index in [1.807, 2.05) is 59.8 Å². The van der Waals surface area contributed by atoms with Crippen molar-refractivity contribution in [2.75, 3.05) is 240 Å². The van der Waals surface area contributed by atoms with Gasteiger partial charge in [-0.1, -0.05) is 158 Å². The van der Waals surface area contributed by atoms with E-state index in [2.05, 4.69) is 160 Å². The van der Waals surface area contributed by atoms with E-state index in [-0.39, 0.29) is 82.9 Å². The third-order valence-electron chi connectivity index (χ3n) is 23.7. The summed E-state index contributed by atoms with van der Waals surface area (Å²) in [7, 11) is 29.6. The number of ether oxygens (including phenoxy) is 2. The number of hydrogen-bond acceptors (Lipinski definition) is 17. The number of non-ortho nitro benzene ring substituents is 1. The lowest BCUT2D eigenvalue weighted by Gasteiger charge is -2.30. The second kappa shape index (κ2) is 70.1. The number of amides is 4. The number of rotatable bonds is 57. The molecule has 0 aliphatic heterocycles. The van der Waals surface area contributed by atoms with Gasteiger partial charge in [-0.3, -0.25) is 48.7 Å². The van der Waals surface area contributed by atoms with E-state index < -0.39 is 34.4 Å². The number of Topliss-reactive ketones (excluding diaryl/α,β-unsaturated/α-hetero) is 4. The van der Waals surface area contributed by atoms with E-state index in [9.17, 15) is 70.0 Å². The lowest BCUT2D eigenvalue weighted by molar-refractivity contribution is -0.891. The fourth-order valence-electron chi connectivity index (χ4n) is 14.5. The molecule has 0 saturated heterocycles. The molecule has 0 saturated carbocycles. The predicted octanol–water partition coefficient (Wildman–Crippen LogP) is 23.2.